The zero-order valence-electron chi connectivity index (χ0n) is 11.0. The third-order valence-electron chi connectivity index (χ3n) is 3.79. The van der Waals surface area contributed by atoms with Gasteiger partial charge in [0.2, 0.25) is 5.91 Å². The standard InChI is InChI=1S/C13H20N2O3/c1-9-8-14-7-3-4-10-5-6-11(13(17)18-2)15(10)12(9)16/h7,9-11H,3-6,8H2,1-2H3/b14-7-/t9-,10-,11-/m0/s1. The Morgan fingerprint density at radius 1 is 1.44 bits per heavy atom. The second kappa shape index (κ2) is 5.50. The number of methoxy groups -OCH3 is 1. The van der Waals surface area contributed by atoms with E-state index in [9.17, 15) is 9.59 Å². The number of carbonyl (C=O) groups excluding carboxylic acids is 2. The van der Waals surface area contributed by atoms with Crippen molar-refractivity contribution in [1.29, 1.82) is 0 Å². The highest BCUT2D eigenvalue weighted by Crippen LogP contribution is 2.30. The van der Waals surface area contributed by atoms with Gasteiger partial charge in [-0.15, -0.1) is 0 Å². The predicted molar refractivity (Wildman–Crippen MR) is 67.4 cm³/mol. The van der Waals surface area contributed by atoms with Crippen LogP contribution in [0.5, 0.6) is 0 Å². The Bertz CT molecular complexity index is 367. The lowest BCUT2D eigenvalue weighted by Crippen LogP contribution is -2.47. The summed E-state index contributed by atoms with van der Waals surface area (Å²) in [6.07, 6.45) is 5.25. The van der Waals surface area contributed by atoms with Gasteiger partial charge in [-0.1, -0.05) is 6.92 Å². The molecule has 2 aliphatic rings. The maximum Gasteiger partial charge on any atom is 0.328 e. The molecule has 0 aromatic heterocycles. The highest BCUT2D eigenvalue weighted by molar-refractivity contribution is 5.87. The fraction of sp³-hybridized carbons (Fsp3) is 0.769. The maximum absolute atomic E-state index is 12.4. The molecule has 5 nitrogen and oxygen atoms in total. The first-order valence-electron chi connectivity index (χ1n) is 6.53. The van der Waals surface area contributed by atoms with E-state index in [1.165, 1.54) is 7.11 Å². The Morgan fingerprint density at radius 2 is 2.22 bits per heavy atom. The van der Waals surface area contributed by atoms with Crippen LogP contribution < -0.4 is 0 Å². The highest BCUT2D eigenvalue weighted by Gasteiger charge is 2.42. The Balaban J connectivity index is 2.22. The molecular formula is C13H20N2O3. The van der Waals surface area contributed by atoms with E-state index in [0.29, 0.717) is 13.0 Å². The number of carbonyl (C=O) groups is 2. The Kier molecular flexibility index (Phi) is 3.99. The average Bonchev–Trinajstić information content (AvgIpc) is 2.80. The van der Waals surface area contributed by atoms with Crippen LogP contribution in [0.1, 0.15) is 32.6 Å². The number of hydrogen-bond donors (Lipinski definition) is 0. The number of fused-ring (bicyclic) bond motifs is 1. The van der Waals surface area contributed by atoms with E-state index in [4.69, 9.17) is 4.74 Å². The van der Waals surface area contributed by atoms with Crippen LogP contribution in [0, 0.1) is 5.92 Å². The van der Waals surface area contributed by atoms with Crippen molar-refractivity contribution in [2.75, 3.05) is 13.7 Å². The molecular weight excluding hydrogens is 232 g/mol. The molecule has 2 aliphatic heterocycles. The first-order chi connectivity index (χ1) is 8.65. The van der Waals surface area contributed by atoms with Crippen molar-refractivity contribution in [3.63, 3.8) is 0 Å². The van der Waals surface area contributed by atoms with Crippen LogP contribution in [0.2, 0.25) is 0 Å². The number of nitrogens with zero attached hydrogens (tertiary/aromatic N) is 2. The van der Waals surface area contributed by atoms with E-state index >= 15 is 0 Å². The monoisotopic (exact) mass is 252 g/mol. The Hall–Kier alpha value is -1.39. The van der Waals surface area contributed by atoms with Crippen molar-refractivity contribution in [1.82, 2.24) is 4.90 Å². The van der Waals surface area contributed by atoms with Crippen LogP contribution >= 0.6 is 0 Å². The van der Waals surface area contributed by atoms with Crippen LogP contribution in [-0.2, 0) is 14.3 Å². The van der Waals surface area contributed by atoms with Crippen LogP contribution in [-0.4, -0.2) is 48.7 Å². The normalized spacial score (nSPS) is 34.2. The molecule has 0 saturated carbocycles. The molecule has 0 bridgehead atoms. The lowest BCUT2D eigenvalue weighted by atomic mass is 10.1. The Labute approximate surface area is 107 Å². The first kappa shape index (κ1) is 13.1. The molecule has 3 atom stereocenters. The van der Waals surface area contributed by atoms with Crippen molar-refractivity contribution in [2.45, 2.75) is 44.7 Å². The second-order valence-electron chi connectivity index (χ2n) is 5.04. The molecule has 100 valence electrons. The van der Waals surface area contributed by atoms with Crippen LogP contribution in [0.15, 0.2) is 4.99 Å². The lowest BCUT2D eigenvalue weighted by Gasteiger charge is -2.30. The van der Waals surface area contributed by atoms with Gasteiger partial charge in [-0.05, 0) is 31.9 Å². The summed E-state index contributed by atoms with van der Waals surface area (Å²) < 4.78 is 4.81. The fourth-order valence-corrected chi connectivity index (χ4v) is 2.79. The number of hydrogen-bond acceptors (Lipinski definition) is 4. The maximum atomic E-state index is 12.4. The van der Waals surface area contributed by atoms with Gasteiger partial charge in [0.05, 0.1) is 13.0 Å². The summed E-state index contributed by atoms with van der Waals surface area (Å²) in [4.78, 5) is 30.2. The van der Waals surface area contributed by atoms with Crippen molar-refractivity contribution >= 4 is 18.1 Å². The molecule has 2 heterocycles. The number of aliphatic imine (C=N–C) groups is 1. The zero-order valence-corrected chi connectivity index (χ0v) is 11.0. The van der Waals surface area contributed by atoms with Gasteiger partial charge in [0, 0.05) is 12.6 Å². The van der Waals surface area contributed by atoms with E-state index in [1.54, 1.807) is 4.90 Å². The summed E-state index contributed by atoms with van der Waals surface area (Å²) in [5.74, 6) is -0.419. The quantitative estimate of drug-likeness (QED) is 0.655. The summed E-state index contributed by atoms with van der Waals surface area (Å²) in [5, 5.41) is 0. The van der Waals surface area contributed by atoms with Gasteiger partial charge in [-0.25, -0.2) is 4.79 Å². The molecule has 0 N–H and O–H groups in total. The smallest absolute Gasteiger partial charge is 0.328 e. The highest BCUT2D eigenvalue weighted by atomic mass is 16.5. The summed E-state index contributed by atoms with van der Waals surface area (Å²) in [6, 6.07) is -0.235. The minimum absolute atomic E-state index is 0.0342. The molecule has 1 fully saturated rings. The van der Waals surface area contributed by atoms with Crippen molar-refractivity contribution < 1.29 is 14.3 Å². The summed E-state index contributed by atoms with van der Waals surface area (Å²) >= 11 is 0. The number of amides is 1. The van der Waals surface area contributed by atoms with Crippen molar-refractivity contribution in [3.8, 4) is 0 Å². The van der Waals surface area contributed by atoms with Gasteiger partial charge < -0.3 is 9.64 Å². The molecule has 0 aromatic carbocycles. The topological polar surface area (TPSA) is 59.0 Å². The van der Waals surface area contributed by atoms with Crippen LogP contribution in [0.25, 0.3) is 0 Å². The Morgan fingerprint density at radius 3 is 2.94 bits per heavy atom. The molecule has 0 spiro atoms. The summed E-state index contributed by atoms with van der Waals surface area (Å²) in [6.45, 7) is 2.38. The molecule has 18 heavy (non-hydrogen) atoms. The molecule has 0 aliphatic carbocycles. The van der Waals surface area contributed by atoms with Crippen LogP contribution in [0.4, 0.5) is 0 Å². The van der Waals surface area contributed by atoms with E-state index in [1.807, 2.05) is 13.1 Å². The third-order valence-corrected chi connectivity index (χ3v) is 3.79. The fourth-order valence-electron chi connectivity index (χ4n) is 2.79. The second-order valence-corrected chi connectivity index (χ2v) is 5.04. The molecule has 5 heteroatoms. The summed E-state index contributed by atoms with van der Waals surface area (Å²) in [5.41, 5.74) is 0. The lowest BCUT2D eigenvalue weighted by molar-refractivity contribution is -0.153. The molecule has 1 saturated heterocycles. The van der Waals surface area contributed by atoms with E-state index in [-0.39, 0.29) is 23.8 Å². The average molecular weight is 252 g/mol. The SMILES string of the molecule is COC(=O)[C@@H]1CC[C@@H]2CC/C=N\C[C@H](C)C(=O)N21. The molecule has 0 radical (unpaired) electrons. The van der Waals surface area contributed by atoms with E-state index in [2.05, 4.69) is 4.99 Å². The largest absolute Gasteiger partial charge is 0.467 e. The van der Waals surface area contributed by atoms with E-state index in [0.717, 1.165) is 19.3 Å². The number of esters is 1. The number of ether oxygens (including phenoxy) is 1. The zero-order chi connectivity index (χ0) is 13.1. The number of rotatable bonds is 1. The van der Waals surface area contributed by atoms with Crippen molar-refractivity contribution in [3.05, 3.63) is 0 Å². The predicted octanol–water partition coefficient (Wildman–Crippen LogP) is 1.02. The molecule has 0 unspecified atom stereocenters. The van der Waals surface area contributed by atoms with Crippen LogP contribution in [0.3, 0.4) is 0 Å². The first-order valence-corrected chi connectivity index (χ1v) is 6.53. The van der Waals surface area contributed by atoms with Gasteiger partial charge in [-0.2, -0.15) is 0 Å². The third kappa shape index (κ3) is 2.40. The molecule has 0 aromatic rings. The van der Waals surface area contributed by atoms with Gasteiger partial charge in [0.1, 0.15) is 6.04 Å². The summed E-state index contributed by atoms with van der Waals surface area (Å²) in [7, 11) is 1.38. The molecule has 2 rings (SSSR count). The van der Waals surface area contributed by atoms with Gasteiger partial charge in [0.15, 0.2) is 0 Å². The van der Waals surface area contributed by atoms with Gasteiger partial charge >= 0.3 is 5.97 Å². The van der Waals surface area contributed by atoms with E-state index < -0.39 is 6.04 Å². The van der Waals surface area contributed by atoms with Gasteiger partial charge in [-0.3, -0.25) is 9.79 Å². The minimum atomic E-state index is -0.395. The minimum Gasteiger partial charge on any atom is -0.467 e. The van der Waals surface area contributed by atoms with Gasteiger partial charge in [0.25, 0.3) is 0 Å². The van der Waals surface area contributed by atoms with Crippen molar-refractivity contribution in [2.24, 2.45) is 10.9 Å². The molecule has 1 amide bonds.